The summed E-state index contributed by atoms with van der Waals surface area (Å²) in [6, 6.07) is 5.60. The van der Waals surface area contributed by atoms with Crippen LogP contribution in [0.3, 0.4) is 0 Å². The van der Waals surface area contributed by atoms with Gasteiger partial charge in [0.1, 0.15) is 0 Å². The molecule has 2 N–H and O–H groups in total. The molecular weight excluding hydrogens is 338 g/mol. The SMILES string of the molecule is O=C(CCCCO)Nc1cc(Br)ccc1Br. The number of amides is 1. The van der Waals surface area contributed by atoms with Gasteiger partial charge >= 0.3 is 0 Å². The van der Waals surface area contributed by atoms with E-state index in [4.69, 9.17) is 5.11 Å². The number of aliphatic hydroxyl groups excluding tert-OH is 1. The zero-order valence-electron chi connectivity index (χ0n) is 8.67. The smallest absolute Gasteiger partial charge is 0.224 e. The molecule has 0 aliphatic carbocycles. The lowest BCUT2D eigenvalue weighted by atomic mass is 10.2. The van der Waals surface area contributed by atoms with Gasteiger partial charge in [0.05, 0.1) is 5.69 Å². The van der Waals surface area contributed by atoms with Gasteiger partial charge in [-0.05, 0) is 47.0 Å². The molecule has 16 heavy (non-hydrogen) atoms. The molecule has 0 fully saturated rings. The van der Waals surface area contributed by atoms with Crippen LogP contribution in [0.25, 0.3) is 0 Å². The van der Waals surface area contributed by atoms with Crippen LogP contribution in [0.15, 0.2) is 27.1 Å². The second kappa shape index (κ2) is 7.04. The van der Waals surface area contributed by atoms with Gasteiger partial charge in [-0.1, -0.05) is 15.9 Å². The summed E-state index contributed by atoms with van der Waals surface area (Å²) in [5, 5.41) is 11.4. The number of aliphatic hydroxyl groups is 1. The third-order valence-electron chi connectivity index (χ3n) is 2.01. The topological polar surface area (TPSA) is 49.3 Å². The number of rotatable bonds is 5. The first-order chi connectivity index (χ1) is 7.63. The van der Waals surface area contributed by atoms with Gasteiger partial charge < -0.3 is 10.4 Å². The maximum Gasteiger partial charge on any atom is 0.224 e. The van der Waals surface area contributed by atoms with Gasteiger partial charge in [0, 0.05) is 22.0 Å². The Morgan fingerprint density at radius 1 is 1.31 bits per heavy atom. The molecule has 0 aliphatic rings. The Morgan fingerprint density at radius 2 is 2.06 bits per heavy atom. The molecule has 1 aromatic rings. The maximum atomic E-state index is 11.5. The van der Waals surface area contributed by atoms with E-state index in [1.165, 1.54) is 0 Å². The number of hydrogen-bond acceptors (Lipinski definition) is 2. The van der Waals surface area contributed by atoms with Gasteiger partial charge in [0.2, 0.25) is 5.91 Å². The molecule has 0 spiro atoms. The summed E-state index contributed by atoms with van der Waals surface area (Å²) >= 11 is 6.71. The van der Waals surface area contributed by atoms with Crippen molar-refractivity contribution in [2.75, 3.05) is 11.9 Å². The number of halogens is 2. The van der Waals surface area contributed by atoms with Crippen LogP contribution in [0, 0.1) is 0 Å². The van der Waals surface area contributed by atoms with Gasteiger partial charge in [-0.3, -0.25) is 4.79 Å². The second-order valence-corrected chi connectivity index (χ2v) is 5.12. The van der Waals surface area contributed by atoms with Gasteiger partial charge in [-0.25, -0.2) is 0 Å². The fraction of sp³-hybridized carbons (Fsp3) is 0.364. The summed E-state index contributed by atoms with van der Waals surface area (Å²) in [7, 11) is 0. The number of hydrogen-bond donors (Lipinski definition) is 2. The van der Waals surface area contributed by atoms with Crippen molar-refractivity contribution in [3.8, 4) is 0 Å². The largest absolute Gasteiger partial charge is 0.396 e. The molecule has 3 nitrogen and oxygen atoms in total. The Kier molecular flexibility index (Phi) is 6.01. The molecule has 0 heterocycles. The minimum absolute atomic E-state index is 0.0350. The number of anilines is 1. The summed E-state index contributed by atoms with van der Waals surface area (Å²) in [5.74, 6) is -0.0350. The van der Waals surface area contributed by atoms with Crippen molar-refractivity contribution in [1.29, 1.82) is 0 Å². The van der Waals surface area contributed by atoms with Crippen LogP contribution in [0.5, 0.6) is 0 Å². The number of carbonyl (C=O) groups is 1. The molecule has 0 unspecified atom stereocenters. The lowest BCUT2D eigenvalue weighted by Crippen LogP contribution is -2.11. The quantitative estimate of drug-likeness (QED) is 0.800. The van der Waals surface area contributed by atoms with Crippen molar-refractivity contribution in [2.45, 2.75) is 19.3 Å². The molecule has 5 heteroatoms. The Hall–Kier alpha value is -0.390. The van der Waals surface area contributed by atoms with Crippen molar-refractivity contribution >= 4 is 43.5 Å². The van der Waals surface area contributed by atoms with E-state index in [9.17, 15) is 4.79 Å². The van der Waals surface area contributed by atoms with Crippen molar-refractivity contribution < 1.29 is 9.90 Å². The van der Waals surface area contributed by atoms with Crippen LogP contribution in [-0.4, -0.2) is 17.6 Å². The summed E-state index contributed by atoms with van der Waals surface area (Å²) in [5.41, 5.74) is 0.753. The second-order valence-electron chi connectivity index (χ2n) is 3.35. The standard InChI is InChI=1S/C11H13Br2NO2/c12-8-4-5-9(13)10(7-8)14-11(16)3-1-2-6-15/h4-5,7,15H,1-3,6H2,(H,14,16). The van der Waals surface area contributed by atoms with Crippen LogP contribution in [0.2, 0.25) is 0 Å². The highest BCUT2D eigenvalue weighted by atomic mass is 79.9. The Balaban J connectivity index is 2.52. The van der Waals surface area contributed by atoms with Gasteiger partial charge in [0.15, 0.2) is 0 Å². The van der Waals surface area contributed by atoms with Crippen molar-refractivity contribution in [3.05, 3.63) is 27.1 Å². The molecular formula is C11H13Br2NO2. The number of nitrogens with one attached hydrogen (secondary N) is 1. The molecule has 0 aromatic heterocycles. The van der Waals surface area contributed by atoms with Crippen LogP contribution in [-0.2, 0) is 4.79 Å². The lowest BCUT2D eigenvalue weighted by molar-refractivity contribution is -0.116. The zero-order valence-corrected chi connectivity index (χ0v) is 11.8. The van der Waals surface area contributed by atoms with E-state index in [2.05, 4.69) is 37.2 Å². The summed E-state index contributed by atoms with van der Waals surface area (Å²) in [6.45, 7) is 0.133. The molecule has 1 aromatic carbocycles. The van der Waals surface area contributed by atoms with Crippen molar-refractivity contribution in [3.63, 3.8) is 0 Å². The van der Waals surface area contributed by atoms with Crippen LogP contribution >= 0.6 is 31.9 Å². The third-order valence-corrected chi connectivity index (χ3v) is 3.20. The first-order valence-corrected chi connectivity index (χ1v) is 6.58. The van der Waals surface area contributed by atoms with E-state index in [0.717, 1.165) is 14.6 Å². The van der Waals surface area contributed by atoms with Gasteiger partial charge in [-0.2, -0.15) is 0 Å². The predicted molar refractivity (Wildman–Crippen MR) is 71.4 cm³/mol. The highest BCUT2D eigenvalue weighted by molar-refractivity contribution is 9.11. The van der Waals surface area contributed by atoms with E-state index in [-0.39, 0.29) is 12.5 Å². The molecule has 0 saturated carbocycles. The number of unbranched alkanes of at least 4 members (excludes halogenated alkanes) is 1. The fourth-order valence-electron chi connectivity index (χ4n) is 1.20. The first kappa shape index (κ1) is 13.7. The van der Waals surface area contributed by atoms with Gasteiger partial charge in [-0.15, -0.1) is 0 Å². The number of carbonyl (C=O) groups excluding carboxylic acids is 1. The Labute approximate surface area is 111 Å². The molecule has 1 rings (SSSR count). The van der Waals surface area contributed by atoms with Crippen molar-refractivity contribution in [1.82, 2.24) is 0 Å². The Bertz CT molecular complexity index is 369. The van der Waals surface area contributed by atoms with E-state index in [0.29, 0.717) is 19.3 Å². The zero-order chi connectivity index (χ0) is 12.0. The molecule has 0 aliphatic heterocycles. The van der Waals surface area contributed by atoms with Crippen LogP contribution in [0.4, 0.5) is 5.69 Å². The van der Waals surface area contributed by atoms with E-state index in [1.807, 2.05) is 18.2 Å². The molecule has 0 atom stereocenters. The third kappa shape index (κ3) is 4.63. The molecule has 88 valence electrons. The Morgan fingerprint density at radius 3 is 2.75 bits per heavy atom. The van der Waals surface area contributed by atoms with Crippen LogP contribution in [0.1, 0.15) is 19.3 Å². The molecule has 0 bridgehead atoms. The first-order valence-electron chi connectivity index (χ1n) is 4.99. The minimum atomic E-state index is -0.0350. The summed E-state index contributed by atoms with van der Waals surface area (Å²) in [4.78, 5) is 11.5. The molecule has 0 radical (unpaired) electrons. The van der Waals surface area contributed by atoms with Gasteiger partial charge in [0.25, 0.3) is 0 Å². The van der Waals surface area contributed by atoms with Crippen molar-refractivity contribution in [2.24, 2.45) is 0 Å². The van der Waals surface area contributed by atoms with Crippen LogP contribution < -0.4 is 5.32 Å². The predicted octanol–water partition coefficient (Wildman–Crippen LogP) is 3.31. The lowest BCUT2D eigenvalue weighted by Gasteiger charge is -2.07. The van der Waals surface area contributed by atoms with E-state index < -0.39 is 0 Å². The fourth-order valence-corrected chi connectivity index (χ4v) is 1.91. The molecule has 0 saturated heterocycles. The summed E-state index contributed by atoms with van der Waals surface area (Å²) in [6.07, 6.45) is 1.79. The summed E-state index contributed by atoms with van der Waals surface area (Å²) < 4.78 is 1.77. The normalized spacial score (nSPS) is 10.2. The van der Waals surface area contributed by atoms with E-state index in [1.54, 1.807) is 0 Å². The average molecular weight is 351 g/mol. The average Bonchev–Trinajstić information content (AvgIpc) is 2.24. The monoisotopic (exact) mass is 349 g/mol. The minimum Gasteiger partial charge on any atom is -0.396 e. The highest BCUT2D eigenvalue weighted by Crippen LogP contribution is 2.26. The highest BCUT2D eigenvalue weighted by Gasteiger charge is 2.05. The number of benzene rings is 1. The molecule has 1 amide bonds. The maximum absolute atomic E-state index is 11.5. The van der Waals surface area contributed by atoms with E-state index >= 15 is 0 Å².